The Bertz CT molecular complexity index is 962. The molecule has 0 saturated carbocycles. The first-order chi connectivity index (χ1) is 11.8. The van der Waals surface area contributed by atoms with Crippen LogP contribution in [-0.2, 0) is 6.61 Å². The van der Waals surface area contributed by atoms with E-state index in [1.807, 2.05) is 54.7 Å². The summed E-state index contributed by atoms with van der Waals surface area (Å²) in [6.07, 6.45) is 5.48. The highest BCUT2D eigenvalue weighted by molar-refractivity contribution is 6.34. The Hall–Kier alpha value is -2.78. The van der Waals surface area contributed by atoms with Crippen LogP contribution in [-0.4, -0.2) is 9.97 Å². The van der Waals surface area contributed by atoms with Crippen LogP contribution in [0.2, 0.25) is 5.02 Å². The zero-order valence-corrected chi connectivity index (χ0v) is 13.6. The minimum Gasteiger partial charge on any atom is -0.489 e. The van der Waals surface area contributed by atoms with Crippen molar-refractivity contribution in [2.45, 2.75) is 6.61 Å². The summed E-state index contributed by atoms with van der Waals surface area (Å²) in [4.78, 5) is 7.25. The number of fused-ring (bicyclic) bond motifs is 1. The van der Waals surface area contributed by atoms with Crippen molar-refractivity contribution in [1.82, 2.24) is 9.97 Å². The van der Waals surface area contributed by atoms with Crippen LogP contribution >= 0.6 is 11.6 Å². The fourth-order valence-electron chi connectivity index (χ4n) is 2.68. The summed E-state index contributed by atoms with van der Waals surface area (Å²) in [5.41, 5.74) is 4.17. The van der Waals surface area contributed by atoms with Crippen molar-refractivity contribution in [3.05, 3.63) is 83.8 Å². The average molecular weight is 335 g/mol. The Morgan fingerprint density at radius 2 is 1.92 bits per heavy atom. The smallest absolute Gasteiger partial charge is 0.119 e. The highest BCUT2D eigenvalue weighted by Crippen LogP contribution is 2.32. The Balaban J connectivity index is 1.55. The molecule has 0 saturated heterocycles. The molecule has 118 valence electrons. The first-order valence-electron chi connectivity index (χ1n) is 7.68. The van der Waals surface area contributed by atoms with E-state index in [-0.39, 0.29) is 0 Å². The minimum absolute atomic E-state index is 0.503. The molecule has 3 nitrogen and oxygen atoms in total. The van der Waals surface area contributed by atoms with Crippen molar-refractivity contribution in [3.8, 4) is 16.9 Å². The van der Waals surface area contributed by atoms with Crippen molar-refractivity contribution < 1.29 is 4.74 Å². The number of halogens is 1. The van der Waals surface area contributed by atoms with Crippen LogP contribution in [0.5, 0.6) is 5.75 Å². The Morgan fingerprint density at radius 3 is 2.71 bits per heavy atom. The third kappa shape index (κ3) is 2.99. The number of hydrogen-bond acceptors (Lipinski definition) is 2. The van der Waals surface area contributed by atoms with Gasteiger partial charge in [-0.05, 0) is 42.0 Å². The molecule has 0 bridgehead atoms. The summed E-state index contributed by atoms with van der Waals surface area (Å²) in [6, 6.07) is 18.0. The van der Waals surface area contributed by atoms with E-state index in [1.54, 1.807) is 12.4 Å². The molecule has 1 N–H and O–H groups in total. The molecule has 0 atom stereocenters. The van der Waals surface area contributed by atoms with Gasteiger partial charge in [0.05, 0.1) is 5.02 Å². The van der Waals surface area contributed by atoms with E-state index < -0.39 is 0 Å². The number of H-pyrrole nitrogens is 1. The van der Waals surface area contributed by atoms with Crippen LogP contribution in [0.3, 0.4) is 0 Å². The van der Waals surface area contributed by atoms with E-state index in [0.717, 1.165) is 38.4 Å². The predicted molar refractivity (Wildman–Crippen MR) is 97.3 cm³/mol. The summed E-state index contributed by atoms with van der Waals surface area (Å²) in [7, 11) is 0. The topological polar surface area (TPSA) is 37.9 Å². The molecule has 2 aromatic carbocycles. The van der Waals surface area contributed by atoms with Gasteiger partial charge in [-0.2, -0.15) is 0 Å². The molecule has 24 heavy (non-hydrogen) atoms. The van der Waals surface area contributed by atoms with E-state index in [0.29, 0.717) is 6.61 Å². The second-order valence-corrected chi connectivity index (χ2v) is 5.98. The summed E-state index contributed by atoms with van der Waals surface area (Å²) < 4.78 is 5.79. The molecule has 0 amide bonds. The minimum atomic E-state index is 0.503. The van der Waals surface area contributed by atoms with Crippen LogP contribution < -0.4 is 4.74 Å². The standard InChI is InChI=1S/C20H15ClN2O/c21-19-11-20-16(7-9-23-20)10-18(19)15-3-5-17(6-4-15)24-13-14-2-1-8-22-12-14/h1-12,23H,13H2. The molecule has 2 heterocycles. The van der Waals surface area contributed by atoms with Gasteiger partial charge in [0.2, 0.25) is 0 Å². The van der Waals surface area contributed by atoms with Gasteiger partial charge in [-0.3, -0.25) is 4.98 Å². The number of aromatic amines is 1. The first kappa shape index (κ1) is 14.8. The van der Waals surface area contributed by atoms with Gasteiger partial charge >= 0.3 is 0 Å². The molecular formula is C20H15ClN2O. The van der Waals surface area contributed by atoms with Gasteiger partial charge in [0.25, 0.3) is 0 Å². The van der Waals surface area contributed by atoms with Crippen molar-refractivity contribution in [3.63, 3.8) is 0 Å². The fourth-order valence-corrected chi connectivity index (χ4v) is 2.95. The van der Waals surface area contributed by atoms with Gasteiger partial charge < -0.3 is 9.72 Å². The average Bonchev–Trinajstić information content (AvgIpc) is 3.08. The third-order valence-corrected chi connectivity index (χ3v) is 4.25. The Labute approximate surface area is 144 Å². The van der Waals surface area contributed by atoms with Gasteiger partial charge in [-0.1, -0.05) is 29.8 Å². The molecule has 0 radical (unpaired) electrons. The van der Waals surface area contributed by atoms with E-state index in [1.165, 1.54) is 0 Å². The number of hydrogen-bond donors (Lipinski definition) is 1. The summed E-state index contributed by atoms with van der Waals surface area (Å²) in [6.45, 7) is 0.503. The maximum atomic E-state index is 6.42. The molecule has 4 rings (SSSR count). The molecular weight excluding hydrogens is 320 g/mol. The zero-order valence-electron chi connectivity index (χ0n) is 12.9. The summed E-state index contributed by atoms with van der Waals surface area (Å²) in [5, 5.41) is 1.88. The molecule has 0 spiro atoms. The highest BCUT2D eigenvalue weighted by atomic mass is 35.5. The van der Waals surface area contributed by atoms with Crippen LogP contribution in [0, 0.1) is 0 Å². The molecule has 0 unspecified atom stereocenters. The number of pyridine rings is 1. The number of nitrogens with one attached hydrogen (secondary N) is 1. The van der Waals surface area contributed by atoms with Gasteiger partial charge in [-0.25, -0.2) is 0 Å². The van der Waals surface area contributed by atoms with Crippen molar-refractivity contribution in [1.29, 1.82) is 0 Å². The number of benzene rings is 2. The summed E-state index contributed by atoms with van der Waals surface area (Å²) >= 11 is 6.42. The van der Waals surface area contributed by atoms with E-state index in [9.17, 15) is 0 Å². The van der Waals surface area contributed by atoms with Gasteiger partial charge in [-0.15, -0.1) is 0 Å². The van der Waals surface area contributed by atoms with Crippen LogP contribution in [0.1, 0.15) is 5.56 Å². The van der Waals surface area contributed by atoms with E-state index in [4.69, 9.17) is 16.3 Å². The molecule has 0 aliphatic heterocycles. The van der Waals surface area contributed by atoms with Gasteiger partial charge in [0.1, 0.15) is 12.4 Å². The molecule has 0 aliphatic carbocycles. The lowest BCUT2D eigenvalue weighted by atomic mass is 10.0. The van der Waals surface area contributed by atoms with Crippen molar-refractivity contribution in [2.24, 2.45) is 0 Å². The lowest BCUT2D eigenvalue weighted by Crippen LogP contribution is -1.95. The molecule has 0 fully saturated rings. The normalized spacial score (nSPS) is 10.9. The van der Waals surface area contributed by atoms with Crippen molar-refractivity contribution in [2.75, 3.05) is 0 Å². The number of ether oxygens (including phenoxy) is 1. The largest absolute Gasteiger partial charge is 0.489 e. The fraction of sp³-hybridized carbons (Fsp3) is 0.0500. The molecule has 4 heteroatoms. The first-order valence-corrected chi connectivity index (χ1v) is 8.06. The zero-order chi connectivity index (χ0) is 16.4. The Morgan fingerprint density at radius 1 is 1.04 bits per heavy atom. The van der Waals surface area contributed by atoms with E-state index in [2.05, 4.69) is 16.0 Å². The quantitative estimate of drug-likeness (QED) is 0.538. The monoisotopic (exact) mass is 334 g/mol. The molecule has 0 aliphatic rings. The maximum Gasteiger partial charge on any atom is 0.119 e. The predicted octanol–water partition coefficient (Wildman–Crippen LogP) is 5.46. The SMILES string of the molecule is Clc1cc2[nH]ccc2cc1-c1ccc(OCc2cccnc2)cc1. The second-order valence-electron chi connectivity index (χ2n) is 5.57. The lowest BCUT2D eigenvalue weighted by Gasteiger charge is -2.09. The lowest BCUT2D eigenvalue weighted by molar-refractivity contribution is 0.306. The highest BCUT2D eigenvalue weighted by Gasteiger charge is 2.07. The van der Waals surface area contributed by atoms with Crippen LogP contribution in [0.25, 0.3) is 22.0 Å². The maximum absolute atomic E-state index is 6.42. The number of nitrogens with zero attached hydrogens (tertiary/aromatic N) is 1. The van der Waals surface area contributed by atoms with Gasteiger partial charge in [0, 0.05) is 40.6 Å². The van der Waals surface area contributed by atoms with Crippen LogP contribution in [0.15, 0.2) is 73.2 Å². The molecule has 4 aromatic rings. The Kier molecular flexibility index (Phi) is 3.93. The number of aromatic nitrogens is 2. The number of rotatable bonds is 4. The second kappa shape index (κ2) is 6.38. The van der Waals surface area contributed by atoms with E-state index >= 15 is 0 Å². The van der Waals surface area contributed by atoms with Crippen LogP contribution in [0.4, 0.5) is 0 Å². The third-order valence-electron chi connectivity index (χ3n) is 3.93. The summed E-state index contributed by atoms with van der Waals surface area (Å²) in [5.74, 6) is 0.821. The van der Waals surface area contributed by atoms with Gasteiger partial charge in [0.15, 0.2) is 0 Å². The molecule has 2 aromatic heterocycles. The van der Waals surface area contributed by atoms with Crippen molar-refractivity contribution >= 4 is 22.5 Å².